The van der Waals surface area contributed by atoms with Crippen LogP contribution in [0.15, 0.2) is 215 Å². The lowest BCUT2D eigenvalue weighted by Crippen LogP contribution is -2.10. The van der Waals surface area contributed by atoms with Crippen LogP contribution in [0.5, 0.6) is 0 Å². The zero-order chi connectivity index (χ0) is 38.9. The van der Waals surface area contributed by atoms with Crippen LogP contribution in [0.3, 0.4) is 0 Å². The maximum absolute atomic E-state index is 6.61. The van der Waals surface area contributed by atoms with E-state index >= 15 is 0 Å². The van der Waals surface area contributed by atoms with E-state index in [9.17, 15) is 0 Å². The molecule has 59 heavy (non-hydrogen) atoms. The number of oxazole rings is 1. The van der Waals surface area contributed by atoms with Crippen LogP contribution in [0.25, 0.3) is 99.1 Å². The molecule has 0 spiro atoms. The van der Waals surface area contributed by atoms with E-state index in [1.165, 1.54) is 11.1 Å². The molecule has 0 amide bonds. The lowest BCUT2D eigenvalue weighted by Gasteiger charge is -2.27. The van der Waals surface area contributed by atoms with Crippen LogP contribution in [0, 0.1) is 0 Å². The summed E-state index contributed by atoms with van der Waals surface area (Å²) in [4.78, 5) is 7.29. The minimum atomic E-state index is 0.626. The summed E-state index contributed by atoms with van der Waals surface area (Å²) in [5, 5.41) is 9.06. The second kappa shape index (κ2) is 13.3. The normalized spacial score (nSPS) is 11.7. The van der Waals surface area contributed by atoms with Crippen molar-refractivity contribution >= 4 is 82.4 Å². The molecule has 12 aromatic rings. The Morgan fingerprint density at radius 2 is 0.983 bits per heavy atom. The number of hydrogen-bond donors (Lipinski definition) is 0. The van der Waals surface area contributed by atoms with Crippen molar-refractivity contribution in [2.75, 3.05) is 4.90 Å². The van der Waals surface area contributed by atoms with Crippen LogP contribution < -0.4 is 4.90 Å². The molecular formula is C55H34N2O2. The van der Waals surface area contributed by atoms with E-state index in [1.807, 2.05) is 42.5 Å². The topological polar surface area (TPSA) is 42.4 Å². The highest BCUT2D eigenvalue weighted by Crippen LogP contribution is 2.43. The largest absolute Gasteiger partial charge is 0.456 e. The van der Waals surface area contributed by atoms with Gasteiger partial charge in [-0.2, -0.15) is 0 Å². The van der Waals surface area contributed by atoms with Gasteiger partial charge >= 0.3 is 0 Å². The minimum absolute atomic E-state index is 0.626. The summed E-state index contributed by atoms with van der Waals surface area (Å²) >= 11 is 0. The van der Waals surface area contributed by atoms with Gasteiger partial charge in [0.25, 0.3) is 0 Å². The number of benzene rings is 10. The van der Waals surface area contributed by atoms with Crippen LogP contribution >= 0.6 is 0 Å². The van der Waals surface area contributed by atoms with Crippen LogP contribution in [0.1, 0.15) is 0 Å². The molecule has 12 rings (SSSR count). The predicted octanol–water partition coefficient (Wildman–Crippen LogP) is 15.7. The van der Waals surface area contributed by atoms with Gasteiger partial charge in [-0.15, -0.1) is 0 Å². The van der Waals surface area contributed by atoms with E-state index in [2.05, 4.69) is 169 Å². The zero-order valence-electron chi connectivity index (χ0n) is 31.8. The van der Waals surface area contributed by atoms with Gasteiger partial charge in [-0.05, 0) is 111 Å². The summed E-state index contributed by atoms with van der Waals surface area (Å²) in [7, 11) is 0. The molecule has 0 aliphatic carbocycles. The van der Waals surface area contributed by atoms with Gasteiger partial charge in [0.05, 0.1) is 0 Å². The fourth-order valence-corrected chi connectivity index (χ4v) is 8.89. The third-order valence-corrected chi connectivity index (χ3v) is 11.6. The van der Waals surface area contributed by atoms with Gasteiger partial charge < -0.3 is 13.7 Å². The molecule has 4 nitrogen and oxygen atoms in total. The molecule has 0 radical (unpaired) electrons. The predicted molar refractivity (Wildman–Crippen MR) is 245 cm³/mol. The van der Waals surface area contributed by atoms with Crippen molar-refractivity contribution in [3.63, 3.8) is 0 Å². The minimum Gasteiger partial charge on any atom is -0.456 e. The fourth-order valence-electron chi connectivity index (χ4n) is 8.89. The first-order valence-electron chi connectivity index (χ1n) is 19.9. The number of nitrogens with zero attached hydrogens (tertiary/aromatic N) is 2. The number of aromatic nitrogens is 1. The van der Waals surface area contributed by atoms with E-state index in [4.69, 9.17) is 13.8 Å². The van der Waals surface area contributed by atoms with Gasteiger partial charge in [0.1, 0.15) is 16.7 Å². The molecule has 0 unspecified atom stereocenters. The summed E-state index contributed by atoms with van der Waals surface area (Å²) in [6, 6.07) is 72.9. The summed E-state index contributed by atoms with van der Waals surface area (Å²) < 4.78 is 12.9. The SMILES string of the molecule is c1ccc(-c2ccc(N(c3cccc(-c4cccc5oc6ccccc6c45)c3)c3ccc4c(ccc5ccc6ccc7nc(-c8ccccc8)oc7c6c54)c3)cc2)cc1. The molecular weight excluding hydrogens is 721 g/mol. The van der Waals surface area contributed by atoms with Crippen LogP contribution in [-0.2, 0) is 0 Å². The Labute approximate surface area is 339 Å². The first kappa shape index (κ1) is 33.2. The van der Waals surface area contributed by atoms with E-state index in [0.29, 0.717) is 5.89 Å². The van der Waals surface area contributed by atoms with Gasteiger partial charge in [-0.25, -0.2) is 4.98 Å². The maximum Gasteiger partial charge on any atom is 0.227 e. The number of para-hydroxylation sites is 1. The lowest BCUT2D eigenvalue weighted by molar-refractivity contribution is 0.623. The highest BCUT2D eigenvalue weighted by atomic mass is 16.3. The standard InChI is InChI=1S/C55H34N2O2/c1-3-11-35(12-4-1)36-25-28-42(29-26-36)57(43-16-9-15-40(33-43)45-18-10-20-50-53(45)47-17-7-8-19-49(47)58-50)44-30-31-46-41(34-44)24-23-37-21-22-38-27-32-48-54(52(38)51(37)46)59-55(56-48)39-13-5-2-6-14-39/h1-34H. The Morgan fingerprint density at radius 3 is 1.81 bits per heavy atom. The smallest absolute Gasteiger partial charge is 0.227 e. The number of furan rings is 1. The fraction of sp³-hybridized carbons (Fsp3) is 0. The number of hydrogen-bond acceptors (Lipinski definition) is 4. The Kier molecular flexibility index (Phi) is 7.50. The van der Waals surface area contributed by atoms with Crippen molar-refractivity contribution in [1.29, 1.82) is 0 Å². The van der Waals surface area contributed by atoms with Gasteiger partial charge in [-0.1, -0.05) is 140 Å². The molecule has 0 bridgehead atoms. The Balaban J connectivity index is 1.05. The second-order valence-electron chi connectivity index (χ2n) is 15.1. The summed E-state index contributed by atoms with van der Waals surface area (Å²) in [6.07, 6.45) is 0. The van der Waals surface area contributed by atoms with E-state index in [1.54, 1.807) is 0 Å². The quantitative estimate of drug-likeness (QED) is 0.159. The number of rotatable bonds is 6. The van der Waals surface area contributed by atoms with Gasteiger partial charge in [0.2, 0.25) is 5.89 Å². The molecule has 2 aromatic heterocycles. The average Bonchev–Trinajstić information content (AvgIpc) is 3.92. The third-order valence-electron chi connectivity index (χ3n) is 11.6. The van der Waals surface area contributed by atoms with Crippen molar-refractivity contribution in [3.8, 4) is 33.7 Å². The maximum atomic E-state index is 6.61. The lowest BCUT2D eigenvalue weighted by atomic mass is 9.95. The molecule has 2 heterocycles. The summed E-state index contributed by atoms with van der Waals surface area (Å²) in [6.45, 7) is 0. The molecule has 4 heteroatoms. The van der Waals surface area contributed by atoms with Crippen molar-refractivity contribution in [3.05, 3.63) is 206 Å². The Morgan fingerprint density at radius 1 is 0.356 bits per heavy atom. The highest BCUT2D eigenvalue weighted by molar-refractivity contribution is 6.26. The molecule has 0 saturated carbocycles. The number of anilines is 3. The van der Waals surface area contributed by atoms with Crippen molar-refractivity contribution in [1.82, 2.24) is 4.98 Å². The summed E-state index contributed by atoms with van der Waals surface area (Å²) in [5.74, 6) is 0.626. The van der Waals surface area contributed by atoms with Crippen LogP contribution in [0.4, 0.5) is 17.1 Å². The zero-order valence-corrected chi connectivity index (χ0v) is 31.8. The monoisotopic (exact) mass is 754 g/mol. The van der Waals surface area contributed by atoms with E-state index in [0.717, 1.165) is 99.1 Å². The second-order valence-corrected chi connectivity index (χ2v) is 15.1. The van der Waals surface area contributed by atoms with E-state index < -0.39 is 0 Å². The molecule has 276 valence electrons. The molecule has 0 aliphatic rings. The van der Waals surface area contributed by atoms with Gasteiger partial charge in [0, 0.05) is 44.2 Å². The molecule has 0 atom stereocenters. The molecule has 0 fully saturated rings. The van der Waals surface area contributed by atoms with Crippen LogP contribution in [-0.4, -0.2) is 4.98 Å². The first-order valence-corrected chi connectivity index (χ1v) is 19.9. The van der Waals surface area contributed by atoms with E-state index in [-0.39, 0.29) is 0 Å². The van der Waals surface area contributed by atoms with Crippen molar-refractivity contribution < 1.29 is 8.83 Å². The Hall–Kier alpha value is -7.95. The molecule has 0 N–H and O–H groups in total. The average molecular weight is 755 g/mol. The summed E-state index contributed by atoms with van der Waals surface area (Å²) in [5.41, 5.74) is 12.2. The van der Waals surface area contributed by atoms with Crippen molar-refractivity contribution in [2.24, 2.45) is 0 Å². The Bertz CT molecular complexity index is 3550. The van der Waals surface area contributed by atoms with Gasteiger partial charge in [0.15, 0.2) is 5.58 Å². The number of fused-ring (bicyclic) bond motifs is 10. The van der Waals surface area contributed by atoms with Gasteiger partial charge in [-0.3, -0.25) is 0 Å². The molecule has 10 aromatic carbocycles. The van der Waals surface area contributed by atoms with Crippen molar-refractivity contribution in [2.45, 2.75) is 0 Å². The first-order chi connectivity index (χ1) is 29.2. The third kappa shape index (κ3) is 5.49. The van der Waals surface area contributed by atoms with Crippen LogP contribution in [0.2, 0.25) is 0 Å². The highest BCUT2D eigenvalue weighted by Gasteiger charge is 2.19. The molecule has 0 saturated heterocycles. The molecule has 0 aliphatic heterocycles.